The van der Waals surface area contributed by atoms with Crippen LogP contribution in [0.2, 0.25) is 0 Å². The second-order valence-corrected chi connectivity index (χ2v) is 6.07. The minimum Gasteiger partial charge on any atom is -0.479 e. The molecule has 0 radical (unpaired) electrons. The van der Waals surface area contributed by atoms with Gasteiger partial charge in [0.25, 0.3) is 5.91 Å². The molecule has 1 amide bonds. The number of likely N-dealkylation sites (N-methyl/N-ethyl adjacent to an activating group) is 1. The number of fused-ring (bicyclic) bond motifs is 1. The maximum atomic E-state index is 12.0. The second-order valence-electron chi connectivity index (χ2n) is 4.18. The molecule has 0 saturated carbocycles. The SMILES string of the molecule is CCN1C(=O)C(C)Oc2ccc(S(=O)(=O)NC)cc21. The van der Waals surface area contributed by atoms with Crippen LogP contribution in [0.25, 0.3) is 0 Å². The van der Waals surface area contributed by atoms with E-state index in [4.69, 9.17) is 4.74 Å². The molecule has 104 valence electrons. The highest BCUT2D eigenvalue weighted by Crippen LogP contribution is 2.35. The summed E-state index contributed by atoms with van der Waals surface area (Å²) in [6, 6.07) is 4.49. The molecule has 2 rings (SSSR count). The summed E-state index contributed by atoms with van der Waals surface area (Å²) in [6.07, 6.45) is -0.556. The molecule has 0 aliphatic carbocycles. The van der Waals surface area contributed by atoms with E-state index in [1.165, 1.54) is 24.1 Å². The Morgan fingerprint density at radius 3 is 2.68 bits per heavy atom. The average molecular weight is 284 g/mol. The molecule has 1 aliphatic heterocycles. The highest BCUT2D eigenvalue weighted by atomic mass is 32.2. The van der Waals surface area contributed by atoms with Crippen molar-refractivity contribution in [2.24, 2.45) is 0 Å². The lowest BCUT2D eigenvalue weighted by Gasteiger charge is -2.32. The Kier molecular flexibility index (Phi) is 3.51. The van der Waals surface area contributed by atoms with Crippen LogP contribution in [-0.2, 0) is 14.8 Å². The minimum atomic E-state index is -3.54. The lowest BCUT2D eigenvalue weighted by molar-refractivity contribution is -0.125. The summed E-state index contributed by atoms with van der Waals surface area (Å²) in [5.41, 5.74) is 0.488. The summed E-state index contributed by atoms with van der Waals surface area (Å²) in [6.45, 7) is 3.97. The number of anilines is 1. The van der Waals surface area contributed by atoms with E-state index in [-0.39, 0.29) is 10.8 Å². The van der Waals surface area contributed by atoms with Crippen molar-refractivity contribution in [1.29, 1.82) is 0 Å². The summed E-state index contributed by atoms with van der Waals surface area (Å²) in [4.78, 5) is 13.6. The van der Waals surface area contributed by atoms with E-state index in [2.05, 4.69) is 4.72 Å². The van der Waals surface area contributed by atoms with Gasteiger partial charge in [0.05, 0.1) is 10.6 Å². The number of amides is 1. The molecule has 0 aromatic heterocycles. The normalized spacial score (nSPS) is 19.0. The molecule has 19 heavy (non-hydrogen) atoms. The van der Waals surface area contributed by atoms with E-state index >= 15 is 0 Å². The number of rotatable bonds is 3. The fraction of sp³-hybridized carbons (Fsp3) is 0.417. The lowest BCUT2D eigenvalue weighted by Crippen LogP contribution is -2.44. The molecule has 1 unspecified atom stereocenters. The molecule has 1 heterocycles. The van der Waals surface area contributed by atoms with Crippen LogP contribution in [0.5, 0.6) is 5.75 Å². The van der Waals surface area contributed by atoms with Crippen molar-refractivity contribution in [3.8, 4) is 5.75 Å². The monoisotopic (exact) mass is 284 g/mol. The fourth-order valence-corrected chi connectivity index (χ4v) is 2.75. The number of nitrogens with one attached hydrogen (secondary N) is 1. The summed E-state index contributed by atoms with van der Waals surface area (Å²) in [7, 11) is -2.19. The highest BCUT2D eigenvalue weighted by Gasteiger charge is 2.31. The molecule has 1 N–H and O–H groups in total. The standard InChI is InChI=1S/C12H16N2O4S/c1-4-14-10-7-9(19(16,17)13-3)5-6-11(10)18-8(2)12(14)15/h5-8,13H,4H2,1-3H3. The van der Waals surface area contributed by atoms with Crippen molar-refractivity contribution in [1.82, 2.24) is 4.72 Å². The number of ether oxygens (including phenoxy) is 1. The van der Waals surface area contributed by atoms with Crippen molar-refractivity contribution in [2.75, 3.05) is 18.5 Å². The van der Waals surface area contributed by atoms with Crippen LogP contribution in [0.4, 0.5) is 5.69 Å². The van der Waals surface area contributed by atoms with Crippen LogP contribution in [0, 0.1) is 0 Å². The lowest BCUT2D eigenvalue weighted by atomic mass is 10.2. The minimum absolute atomic E-state index is 0.109. The second kappa shape index (κ2) is 4.82. The molecule has 1 aromatic carbocycles. The third-order valence-electron chi connectivity index (χ3n) is 3.03. The Morgan fingerprint density at radius 2 is 2.11 bits per heavy atom. The van der Waals surface area contributed by atoms with Crippen LogP contribution in [-0.4, -0.2) is 34.0 Å². The molecular weight excluding hydrogens is 268 g/mol. The molecule has 1 aliphatic rings. The van der Waals surface area contributed by atoms with Gasteiger partial charge in [0.1, 0.15) is 5.75 Å². The van der Waals surface area contributed by atoms with Gasteiger partial charge >= 0.3 is 0 Å². The van der Waals surface area contributed by atoms with Crippen LogP contribution in [0.15, 0.2) is 23.1 Å². The molecule has 7 heteroatoms. The Balaban J connectivity index is 2.56. The molecule has 1 atom stereocenters. The Labute approximate surface area is 112 Å². The van der Waals surface area contributed by atoms with Gasteiger partial charge in [-0.15, -0.1) is 0 Å². The van der Waals surface area contributed by atoms with Crippen molar-refractivity contribution in [3.05, 3.63) is 18.2 Å². The highest BCUT2D eigenvalue weighted by molar-refractivity contribution is 7.89. The third-order valence-corrected chi connectivity index (χ3v) is 4.45. The molecule has 0 fully saturated rings. The van der Waals surface area contributed by atoms with Crippen molar-refractivity contribution >= 4 is 21.6 Å². The zero-order valence-corrected chi connectivity index (χ0v) is 11.8. The first-order valence-corrected chi connectivity index (χ1v) is 7.44. The maximum absolute atomic E-state index is 12.0. The van der Waals surface area contributed by atoms with Gasteiger partial charge in [0.15, 0.2) is 6.10 Å². The van der Waals surface area contributed by atoms with E-state index in [1.54, 1.807) is 13.0 Å². The number of carbonyl (C=O) groups excluding carboxylic acids is 1. The number of nitrogens with zero attached hydrogens (tertiary/aromatic N) is 1. The molecule has 0 bridgehead atoms. The van der Waals surface area contributed by atoms with E-state index in [1.807, 2.05) is 6.92 Å². The molecule has 0 saturated heterocycles. The zero-order chi connectivity index (χ0) is 14.2. The van der Waals surface area contributed by atoms with Gasteiger partial charge in [-0.2, -0.15) is 0 Å². The number of carbonyl (C=O) groups is 1. The van der Waals surface area contributed by atoms with Crippen LogP contribution in [0.3, 0.4) is 0 Å². The van der Waals surface area contributed by atoms with Crippen molar-refractivity contribution in [2.45, 2.75) is 24.8 Å². The first-order chi connectivity index (χ1) is 8.90. The smallest absolute Gasteiger partial charge is 0.267 e. The van der Waals surface area contributed by atoms with Gasteiger partial charge < -0.3 is 9.64 Å². The van der Waals surface area contributed by atoms with Gasteiger partial charge in [0, 0.05) is 6.54 Å². The average Bonchev–Trinajstić information content (AvgIpc) is 2.40. The zero-order valence-electron chi connectivity index (χ0n) is 11.0. The van der Waals surface area contributed by atoms with E-state index in [9.17, 15) is 13.2 Å². The Morgan fingerprint density at radius 1 is 1.42 bits per heavy atom. The topological polar surface area (TPSA) is 75.7 Å². The predicted octanol–water partition coefficient (Wildman–Crippen LogP) is 0.728. The van der Waals surface area contributed by atoms with Crippen molar-refractivity contribution < 1.29 is 17.9 Å². The first-order valence-electron chi connectivity index (χ1n) is 5.96. The number of hydrogen-bond acceptors (Lipinski definition) is 4. The van der Waals surface area contributed by atoms with E-state index < -0.39 is 16.1 Å². The molecule has 0 spiro atoms. The molecule has 1 aromatic rings. The fourth-order valence-electron chi connectivity index (χ4n) is 2.00. The number of hydrogen-bond donors (Lipinski definition) is 1. The van der Waals surface area contributed by atoms with Gasteiger partial charge in [-0.3, -0.25) is 4.79 Å². The Bertz CT molecular complexity index is 612. The Hall–Kier alpha value is -1.60. The quantitative estimate of drug-likeness (QED) is 0.887. The summed E-state index contributed by atoms with van der Waals surface area (Å²) >= 11 is 0. The largest absolute Gasteiger partial charge is 0.479 e. The van der Waals surface area contributed by atoms with Gasteiger partial charge in [-0.05, 0) is 39.1 Å². The molecule has 6 nitrogen and oxygen atoms in total. The summed E-state index contributed by atoms with van der Waals surface area (Å²) in [5, 5.41) is 0. The van der Waals surface area contributed by atoms with Gasteiger partial charge in [-0.25, -0.2) is 13.1 Å². The van der Waals surface area contributed by atoms with Crippen LogP contribution < -0.4 is 14.4 Å². The summed E-state index contributed by atoms with van der Waals surface area (Å²) in [5.74, 6) is 0.345. The predicted molar refractivity (Wildman–Crippen MR) is 70.8 cm³/mol. The van der Waals surface area contributed by atoms with Gasteiger partial charge in [-0.1, -0.05) is 0 Å². The van der Waals surface area contributed by atoms with Crippen molar-refractivity contribution in [3.63, 3.8) is 0 Å². The third kappa shape index (κ3) is 2.31. The van der Waals surface area contributed by atoms with Gasteiger partial charge in [0.2, 0.25) is 10.0 Å². The van der Waals surface area contributed by atoms with Crippen LogP contribution in [0.1, 0.15) is 13.8 Å². The van der Waals surface area contributed by atoms with E-state index in [0.29, 0.717) is 18.0 Å². The first kappa shape index (κ1) is 13.8. The van der Waals surface area contributed by atoms with E-state index in [0.717, 1.165) is 0 Å². The summed E-state index contributed by atoms with van der Waals surface area (Å²) < 4.78 is 31.3. The number of sulfonamides is 1. The van der Waals surface area contributed by atoms with Crippen LogP contribution >= 0.6 is 0 Å². The molecular formula is C12H16N2O4S. The maximum Gasteiger partial charge on any atom is 0.267 e. The number of benzene rings is 1.